The standard InChI is InChI=1S/C16H16ClN3O2/c1-3-15(22-4-2)20-14-10-19-18-9-13(14)16(21)11-5-7-12(17)8-6-11/h5-10H,3-4H2,1-2H3. The highest BCUT2D eigenvalue weighted by Crippen LogP contribution is 2.22. The van der Waals surface area contributed by atoms with Crippen molar-refractivity contribution in [3.63, 3.8) is 0 Å². The maximum atomic E-state index is 12.6. The van der Waals surface area contributed by atoms with E-state index in [1.54, 1.807) is 24.3 Å². The van der Waals surface area contributed by atoms with E-state index in [9.17, 15) is 4.79 Å². The lowest BCUT2D eigenvalue weighted by atomic mass is 10.0. The van der Waals surface area contributed by atoms with Crippen LogP contribution in [0.15, 0.2) is 41.7 Å². The zero-order chi connectivity index (χ0) is 15.9. The third kappa shape index (κ3) is 3.89. The number of nitrogens with zero attached hydrogens (tertiary/aromatic N) is 3. The molecular formula is C16H16ClN3O2. The van der Waals surface area contributed by atoms with Gasteiger partial charge in [0.05, 0.1) is 30.3 Å². The van der Waals surface area contributed by atoms with E-state index in [1.807, 2.05) is 13.8 Å². The molecule has 0 aliphatic carbocycles. The number of aliphatic imine (C=N–C) groups is 1. The molecule has 0 aliphatic rings. The SMILES string of the molecule is CCOC(CC)=Nc1cnncc1C(=O)c1ccc(Cl)cc1. The van der Waals surface area contributed by atoms with Crippen LogP contribution < -0.4 is 0 Å². The van der Waals surface area contributed by atoms with E-state index in [1.165, 1.54) is 12.4 Å². The molecule has 1 aromatic heterocycles. The first-order chi connectivity index (χ1) is 10.7. The largest absolute Gasteiger partial charge is 0.481 e. The van der Waals surface area contributed by atoms with Crippen molar-refractivity contribution in [1.82, 2.24) is 10.2 Å². The van der Waals surface area contributed by atoms with Gasteiger partial charge in [-0.05, 0) is 31.2 Å². The van der Waals surface area contributed by atoms with Crippen LogP contribution >= 0.6 is 11.6 Å². The van der Waals surface area contributed by atoms with Gasteiger partial charge in [0.2, 0.25) is 0 Å². The van der Waals surface area contributed by atoms with Crippen LogP contribution in [0.3, 0.4) is 0 Å². The van der Waals surface area contributed by atoms with Crippen LogP contribution in [-0.2, 0) is 4.74 Å². The lowest BCUT2D eigenvalue weighted by molar-refractivity contribution is 0.103. The Hall–Kier alpha value is -2.27. The Kier molecular flexibility index (Phi) is 5.61. The van der Waals surface area contributed by atoms with Gasteiger partial charge in [-0.1, -0.05) is 18.5 Å². The second kappa shape index (κ2) is 7.66. The smallest absolute Gasteiger partial charge is 0.196 e. The molecule has 2 aromatic rings. The Morgan fingerprint density at radius 1 is 1.18 bits per heavy atom. The molecule has 0 bridgehead atoms. The zero-order valence-electron chi connectivity index (χ0n) is 12.4. The summed E-state index contributed by atoms with van der Waals surface area (Å²) < 4.78 is 5.42. The third-order valence-corrected chi connectivity index (χ3v) is 3.17. The highest BCUT2D eigenvalue weighted by atomic mass is 35.5. The highest BCUT2D eigenvalue weighted by Gasteiger charge is 2.15. The minimum absolute atomic E-state index is 0.183. The van der Waals surface area contributed by atoms with Gasteiger partial charge in [-0.2, -0.15) is 10.2 Å². The Balaban J connectivity index is 2.39. The molecule has 2 rings (SSSR count). The van der Waals surface area contributed by atoms with Gasteiger partial charge in [0, 0.05) is 17.0 Å². The van der Waals surface area contributed by atoms with Gasteiger partial charge >= 0.3 is 0 Å². The number of aromatic nitrogens is 2. The topological polar surface area (TPSA) is 64.4 Å². The van der Waals surface area contributed by atoms with Crippen molar-refractivity contribution in [3.05, 3.63) is 52.8 Å². The van der Waals surface area contributed by atoms with E-state index in [0.717, 1.165) is 0 Å². The second-order valence-electron chi connectivity index (χ2n) is 4.42. The van der Waals surface area contributed by atoms with Gasteiger partial charge in [0.1, 0.15) is 0 Å². The van der Waals surface area contributed by atoms with Crippen LogP contribution in [0.1, 0.15) is 36.2 Å². The van der Waals surface area contributed by atoms with Crippen LogP contribution in [0, 0.1) is 0 Å². The summed E-state index contributed by atoms with van der Waals surface area (Å²) >= 11 is 5.84. The van der Waals surface area contributed by atoms with Crippen LogP contribution in [0.2, 0.25) is 5.02 Å². The Morgan fingerprint density at radius 2 is 1.86 bits per heavy atom. The Morgan fingerprint density at radius 3 is 2.50 bits per heavy atom. The molecule has 114 valence electrons. The van der Waals surface area contributed by atoms with Crippen molar-refractivity contribution in [2.24, 2.45) is 4.99 Å². The zero-order valence-corrected chi connectivity index (χ0v) is 13.2. The summed E-state index contributed by atoms with van der Waals surface area (Å²) in [6.07, 6.45) is 3.50. The van der Waals surface area contributed by atoms with Crippen LogP contribution in [0.25, 0.3) is 0 Å². The molecule has 0 aliphatic heterocycles. The van der Waals surface area contributed by atoms with Crippen LogP contribution in [0.4, 0.5) is 5.69 Å². The number of rotatable bonds is 5. The number of ketones is 1. The monoisotopic (exact) mass is 317 g/mol. The summed E-state index contributed by atoms with van der Waals surface area (Å²) in [4.78, 5) is 17.0. The highest BCUT2D eigenvalue weighted by molar-refractivity contribution is 6.30. The molecule has 1 aromatic carbocycles. The molecule has 0 N–H and O–H groups in total. The molecule has 0 spiro atoms. The maximum Gasteiger partial charge on any atom is 0.196 e. The quantitative estimate of drug-likeness (QED) is 0.477. The van der Waals surface area contributed by atoms with E-state index in [-0.39, 0.29) is 5.78 Å². The van der Waals surface area contributed by atoms with Gasteiger partial charge in [0.15, 0.2) is 11.7 Å². The van der Waals surface area contributed by atoms with E-state index in [4.69, 9.17) is 16.3 Å². The molecule has 0 fully saturated rings. The number of hydrogen-bond donors (Lipinski definition) is 0. The summed E-state index contributed by atoms with van der Waals surface area (Å²) in [7, 11) is 0. The summed E-state index contributed by atoms with van der Waals surface area (Å²) in [6.45, 7) is 4.34. The minimum atomic E-state index is -0.183. The molecule has 0 saturated heterocycles. The van der Waals surface area contributed by atoms with Crippen LogP contribution in [-0.4, -0.2) is 28.5 Å². The predicted octanol–water partition coefficient (Wildman–Crippen LogP) is 3.84. The molecule has 0 unspecified atom stereocenters. The summed E-state index contributed by atoms with van der Waals surface area (Å²) in [5.74, 6) is 0.373. The van der Waals surface area contributed by atoms with E-state index >= 15 is 0 Å². The fourth-order valence-corrected chi connectivity index (χ4v) is 1.98. The molecule has 0 amide bonds. The number of ether oxygens (including phenoxy) is 1. The Labute approximate surface area is 134 Å². The van der Waals surface area contributed by atoms with E-state index < -0.39 is 0 Å². The molecule has 0 radical (unpaired) electrons. The van der Waals surface area contributed by atoms with Crippen molar-refractivity contribution in [2.75, 3.05) is 6.61 Å². The van der Waals surface area contributed by atoms with Crippen molar-refractivity contribution in [2.45, 2.75) is 20.3 Å². The first kappa shape index (κ1) is 16.1. The lowest BCUT2D eigenvalue weighted by Gasteiger charge is -2.07. The van der Waals surface area contributed by atoms with E-state index in [2.05, 4.69) is 15.2 Å². The number of halogens is 1. The molecule has 6 heteroatoms. The van der Waals surface area contributed by atoms with Gasteiger partial charge < -0.3 is 4.74 Å². The molecule has 5 nitrogen and oxygen atoms in total. The summed E-state index contributed by atoms with van der Waals surface area (Å²) in [5.41, 5.74) is 1.34. The average Bonchev–Trinajstić information content (AvgIpc) is 2.55. The molecule has 22 heavy (non-hydrogen) atoms. The molecule has 0 atom stereocenters. The second-order valence-corrected chi connectivity index (χ2v) is 4.85. The Bertz CT molecular complexity index is 684. The van der Waals surface area contributed by atoms with Gasteiger partial charge in [-0.15, -0.1) is 0 Å². The lowest BCUT2D eigenvalue weighted by Crippen LogP contribution is -2.06. The van der Waals surface area contributed by atoms with Gasteiger partial charge in [-0.25, -0.2) is 4.99 Å². The first-order valence-electron chi connectivity index (χ1n) is 6.97. The number of carbonyl (C=O) groups excluding carboxylic acids is 1. The van der Waals surface area contributed by atoms with Crippen molar-refractivity contribution in [1.29, 1.82) is 0 Å². The maximum absolute atomic E-state index is 12.6. The predicted molar refractivity (Wildman–Crippen MR) is 85.9 cm³/mol. The van der Waals surface area contributed by atoms with Crippen LogP contribution in [0.5, 0.6) is 0 Å². The molecule has 1 heterocycles. The fraction of sp³-hybridized carbons (Fsp3) is 0.250. The number of benzene rings is 1. The summed E-state index contributed by atoms with van der Waals surface area (Å²) in [6, 6.07) is 6.68. The van der Waals surface area contributed by atoms with Crippen molar-refractivity contribution < 1.29 is 9.53 Å². The normalized spacial score (nSPS) is 11.3. The van der Waals surface area contributed by atoms with Gasteiger partial charge in [0.25, 0.3) is 0 Å². The molecule has 0 saturated carbocycles. The number of carbonyl (C=O) groups is 1. The minimum Gasteiger partial charge on any atom is -0.481 e. The van der Waals surface area contributed by atoms with Gasteiger partial charge in [-0.3, -0.25) is 4.79 Å². The average molecular weight is 318 g/mol. The first-order valence-corrected chi connectivity index (χ1v) is 7.34. The number of hydrogen-bond acceptors (Lipinski definition) is 5. The summed E-state index contributed by atoms with van der Waals surface area (Å²) in [5, 5.41) is 8.15. The molecular weight excluding hydrogens is 302 g/mol. The van der Waals surface area contributed by atoms with Crippen molar-refractivity contribution in [3.8, 4) is 0 Å². The van der Waals surface area contributed by atoms with E-state index in [0.29, 0.717) is 40.8 Å². The third-order valence-electron chi connectivity index (χ3n) is 2.92. The van der Waals surface area contributed by atoms with Crippen molar-refractivity contribution >= 4 is 29.0 Å². The fourth-order valence-electron chi connectivity index (χ4n) is 1.85.